The molecule has 0 fully saturated rings. The molecular formula is C12H8O3S. The van der Waals surface area contributed by atoms with Crippen molar-refractivity contribution in [3.63, 3.8) is 0 Å². The fourth-order valence-corrected chi connectivity index (χ4v) is 2.05. The molecule has 0 aliphatic rings. The van der Waals surface area contributed by atoms with Crippen LogP contribution in [0.2, 0.25) is 0 Å². The second kappa shape index (κ2) is 4.28. The van der Waals surface area contributed by atoms with Gasteiger partial charge >= 0.3 is 5.97 Å². The lowest BCUT2D eigenvalue weighted by atomic mass is 10.0. The van der Waals surface area contributed by atoms with Crippen molar-refractivity contribution in [2.45, 2.75) is 0 Å². The first-order chi connectivity index (χ1) is 7.70. The minimum Gasteiger partial charge on any atom is -0.478 e. The first-order valence-corrected chi connectivity index (χ1v) is 5.53. The summed E-state index contributed by atoms with van der Waals surface area (Å²) in [7, 11) is 0. The van der Waals surface area contributed by atoms with Crippen molar-refractivity contribution in [2.24, 2.45) is 0 Å². The summed E-state index contributed by atoms with van der Waals surface area (Å²) in [6, 6.07) is 7.91. The summed E-state index contributed by atoms with van der Waals surface area (Å²) in [4.78, 5) is 22.9. The smallest absolute Gasteiger partial charge is 0.336 e. The van der Waals surface area contributed by atoms with Crippen LogP contribution in [0.1, 0.15) is 26.3 Å². The van der Waals surface area contributed by atoms with Gasteiger partial charge in [-0.15, -0.1) is 0 Å². The average Bonchev–Trinajstić information content (AvgIpc) is 2.81. The number of carboxylic acid groups (broad SMARTS) is 1. The highest BCUT2D eigenvalue weighted by atomic mass is 32.1. The molecule has 80 valence electrons. The second-order valence-electron chi connectivity index (χ2n) is 3.19. The average molecular weight is 232 g/mol. The Morgan fingerprint density at radius 2 is 1.75 bits per heavy atom. The highest BCUT2D eigenvalue weighted by molar-refractivity contribution is 7.08. The van der Waals surface area contributed by atoms with Crippen LogP contribution in [0, 0.1) is 0 Å². The van der Waals surface area contributed by atoms with Gasteiger partial charge < -0.3 is 5.11 Å². The van der Waals surface area contributed by atoms with Crippen molar-refractivity contribution in [1.29, 1.82) is 0 Å². The number of carboxylic acids is 1. The predicted octanol–water partition coefficient (Wildman–Crippen LogP) is 2.68. The number of hydrogen-bond donors (Lipinski definition) is 1. The molecule has 0 radical (unpaired) electrons. The number of benzene rings is 1. The quantitative estimate of drug-likeness (QED) is 0.828. The summed E-state index contributed by atoms with van der Waals surface area (Å²) in [5.74, 6) is -1.33. The largest absolute Gasteiger partial charge is 0.478 e. The number of thiophene rings is 1. The lowest BCUT2D eigenvalue weighted by molar-refractivity contribution is 0.0693. The van der Waals surface area contributed by atoms with Gasteiger partial charge in [0.1, 0.15) is 0 Å². The van der Waals surface area contributed by atoms with Crippen LogP contribution in [-0.2, 0) is 0 Å². The molecule has 2 rings (SSSR count). The number of carbonyl (C=O) groups excluding carboxylic acids is 1. The van der Waals surface area contributed by atoms with Gasteiger partial charge in [0.15, 0.2) is 5.78 Å². The molecule has 2 aromatic rings. The monoisotopic (exact) mass is 232 g/mol. The third-order valence-corrected chi connectivity index (χ3v) is 2.87. The van der Waals surface area contributed by atoms with Crippen LogP contribution in [0.25, 0.3) is 0 Å². The van der Waals surface area contributed by atoms with Gasteiger partial charge in [-0.3, -0.25) is 4.79 Å². The summed E-state index contributed by atoms with van der Waals surface area (Å²) in [5.41, 5.74) is 0.797. The van der Waals surface area contributed by atoms with E-state index in [2.05, 4.69) is 0 Å². The summed E-state index contributed by atoms with van der Waals surface area (Å²) in [6.07, 6.45) is 0. The SMILES string of the molecule is O=C(O)c1ccccc1C(=O)c1ccsc1. The van der Waals surface area contributed by atoms with Crippen molar-refractivity contribution in [1.82, 2.24) is 0 Å². The third kappa shape index (κ3) is 1.87. The second-order valence-corrected chi connectivity index (χ2v) is 3.97. The molecule has 0 atom stereocenters. The van der Waals surface area contributed by atoms with Gasteiger partial charge in [0.25, 0.3) is 0 Å². The Morgan fingerprint density at radius 3 is 2.31 bits per heavy atom. The van der Waals surface area contributed by atoms with Crippen LogP contribution in [0.15, 0.2) is 41.1 Å². The third-order valence-electron chi connectivity index (χ3n) is 2.19. The summed E-state index contributed by atoms with van der Waals surface area (Å²) >= 11 is 1.41. The van der Waals surface area contributed by atoms with Gasteiger partial charge in [-0.05, 0) is 17.5 Å². The minimum absolute atomic E-state index is 0.0405. The zero-order valence-corrected chi connectivity index (χ0v) is 9.03. The first-order valence-electron chi connectivity index (χ1n) is 4.59. The zero-order valence-electron chi connectivity index (χ0n) is 8.21. The normalized spacial score (nSPS) is 10.0. The van der Waals surface area contributed by atoms with E-state index in [1.165, 1.54) is 23.5 Å². The molecule has 1 aromatic carbocycles. The van der Waals surface area contributed by atoms with Crippen molar-refractivity contribution in [2.75, 3.05) is 0 Å². The van der Waals surface area contributed by atoms with Crippen molar-refractivity contribution in [3.05, 3.63) is 57.8 Å². The number of carbonyl (C=O) groups is 2. The maximum atomic E-state index is 12.0. The Balaban J connectivity index is 2.49. The fourth-order valence-electron chi connectivity index (χ4n) is 1.42. The maximum absolute atomic E-state index is 12.0. The Kier molecular flexibility index (Phi) is 2.83. The Hall–Kier alpha value is -1.94. The Labute approximate surface area is 96.0 Å². The van der Waals surface area contributed by atoms with Crippen LogP contribution >= 0.6 is 11.3 Å². The summed E-state index contributed by atoms with van der Waals surface area (Å²) in [6.45, 7) is 0. The molecule has 3 nitrogen and oxygen atoms in total. The number of rotatable bonds is 3. The number of ketones is 1. The standard InChI is InChI=1S/C12H8O3S/c13-11(8-5-6-16-7-8)9-3-1-2-4-10(9)12(14)15/h1-7H,(H,14,15). The molecule has 0 aliphatic carbocycles. The lowest BCUT2D eigenvalue weighted by Crippen LogP contribution is -2.08. The summed E-state index contributed by atoms with van der Waals surface area (Å²) < 4.78 is 0. The van der Waals surface area contributed by atoms with E-state index < -0.39 is 5.97 Å². The Bertz CT molecular complexity index is 529. The molecule has 0 aliphatic heterocycles. The van der Waals surface area contributed by atoms with Gasteiger partial charge in [0.2, 0.25) is 0 Å². The molecule has 0 saturated heterocycles. The minimum atomic E-state index is -1.08. The molecule has 4 heteroatoms. The fraction of sp³-hybridized carbons (Fsp3) is 0. The highest BCUT2D eigenvalue weighted by Crippen LogP contribution is 2.16. The number of hydrogen-bond acceptors (Lipinski definition) is 3. The summed E-state index contributed by atoms with van der Waals surface area (Å²) in [5, 5.41) is 12.5. The van der Waals surface area contributed by atoms with Crippen molar-refractivity contribution in [3.8, 4) is 0 Å². The molecule has 1 N–H and O–H groups in total. The molecule has 1 aromatic heterocycles. The van der Waals surface area contributed by atoms with Gasteiger partial charge in [0.05, 0.1) is 5.56 Å². The van der Waals surface area contributed by atoms with E-state index >= 15 is 0 Å². The Morgan fingerprint density at radius 1 is 1.06 bits per heavy atom. The van der Waals surface area contributed by atoms with E-state index in [1.54, 1.807) is 29.0 Å². The molecule has 0 bridgehead atoms. The van der Waals surface area contributed by atoms with Crippen LogP contribution in [0.3, 0.4) is 0 Å². The lowest BCUT2D eigenvalue weighted by Gasteiger charge is -2.02. The maximum Gasteiger partial charge on any atom is 0.336 e. The molecule has 0 saturated carbocycles. The highest BCUT2D eigenvalue weighted by Gasteiger charge is 2.17. The first kappa shape index (κ1) is 10.6. The molecule has 0 spiro atoms. The van der Waals surface area contributed by atoms with E-state index in [4.69, 9.17) is 5.11 Å². The topological polar surface area (TPSA) is 54.4 Å². The van der Waals surface area contributed by atoms with E-state index in [1.807, 2.05) is 0 Å². The van der Waals surface area contributed by atoms with Crippen LogP contribution in [0.5, 0.6) is 0 Å². The van der Waals surface area contributed by atoms with Crippen molar-refractivity contribution >= 4 is 23.1 Å². The molecule has 1 heterocycles. The van der Waals surface area contributed by atoms with Gasteiger partial charge in [-0.25, -0.2) is 4.79 Å². The van der Waals surface area contributed by atoms with E-state index in [0.29, 0.717) is 5.56 Å². The van der Waals surface area contributed by atoms with E-state index in [9.17, 15) is 9.59 Å². The molecule has 0 amide bonds. The predicted molar refractivity (Wildman–Crippen MR) is 61.2 cm³/mol. The van der Waals surface area contributed by atoms with Crippen LogP contribution in [-0.4, -0.2) is 16.9 Å². The van der Waals surface area contributed by atoms with Crippen LogP contribution < -0.4 is 0 Å². The van der Waals surface area contributed by atoms with E-state index in [-0.39, 0.29) is 16.9 Å². The van der Waals surface area contributed by atoms with Crippen LogP contribution in [0.4, 0.5) is 0 Å². The van der Waals surface area contributed by atoms with Gasteiger partial charge in [0, 0.05) is 16.5 Å². The van der Waals surface area contributed by atoms with Gasteiger partial charge in [-0.1, -0.05) is 18.2 Å². The molecular weight excluding hydrogens is 224 g/mol. The van der Waals surface area contributed by atoms with E-state index in [0.717, 1.165) is 0 Å². The molecule has 16 heavy (non-hydrogen) atoms. The van der Waals surface area contributed by atoms with Gasteiger partial charge in [-0.2, -0.15) is 11.3 Å². The molecule has 0 unspecified atom stereocenters. The zero-order chi connectivity index (χ0) is 11.5. The van der Waals surface area contributed by atoms with Crippen molar-refractivity contribution < 1.29 is 14.7 Å². The number of aromatic carboxylic acids is 1.